The van der Waals surface area contributed by atoms with E-state index in [1.165, 1.54) is 10.4 Å². The molecule has 0 radical (unpaired) electrons. The number of sulfonamides is 1. The number of rotatable bonds is 8. The van der Waals surface area contributed by atoms with Gasteiger partial charge in [-0.1, -0.05) is 13.8 Å². The minimum absolute atomic E-state index is 0. The maximum Gasteiger partial charge on any atom is 0.255 e. The summed E-state index contributed by atoms with van der Waals surface area (Å²) in [4.78, 5) is 12.7. The van der Waals surface area contributed by atoms with Gasteiger partial charge in [0.15, 0.2) is 0 Å². The number of halogens is 1. The van der Waals surface area contributed by atoms with E-state index in [1.54, 1.807) is 50.2 Å². The maximum atomic E-state index is 12.8. The summed E-state index contributed by atoms with van der Waals surface area (Å²) in [7, 11) is -3.62. The first kappa shape index (κ1) is 23.7. The van der Waals surface area contributed by atoms with Crippen molar-refractivity contribution in [2.24, 2.45) is 0 Å². The highest BCUT2D eigenvalue weighted by molar-refractivity contribution is 7.89. The number of hydrogen-bond acceptors (Lipinski definition) is 5. The van der Waals surface area contributed by atoms with E-state index in [-0.39, 0.29) is 23.2 Å². The highest BCUT2D eigenvalue weighted by Crippen LogP contribution is 2.28. The number of hydrogen-bond donors (Lipinski definition) is 3. The predicted octanol–water partition coefficient (Wildman–Crippen LogP) is 3.41. The lowest BCUT2D eigenvalue weighted by molar-refractivity contribution is 0.102. The van der Waals surface area contributed by atoms with Gasteiger partial charge in [-0.05, 0) is 49.4 Å². The molecule has 2 aromatic rings. The molecule has 2 rings (SSSR count). The van der Waals surface area contributed by atoms with E-state index in [0.717, 1.165) is 0 Å². The predicted molar refractivity (Wildman–Crippen MR) is 117 cm³/mol. The lowest BCUT2D eigenvalue weighted by Crippen LogP contribution is -2.30. The van der Waals surface area contributed by atoms with Crippen LogP contribution >= 0.6 is 12.4 Å². The van der Waals surface area contributed by atoms with Crippen LogP contribution in [0, 0.1) is 0 Å². The molecule has 0 unspecified atom stereocenters. The molecule has 0 aliphatic carbocycles. The van der Waals surface area contributed by atoms with Crippen molar-refractivity contribution in [1.82, 2.24) is 4.31 Å². The van der Waals surface area contributed by atoms with Crippen molar-refractivity contribution in [2.45, 2.75) is 25.7 Å². The Morgan fingerprint density at radius 3 is 2.14 bits per heavy atom. The highest BCUT2D eigenvalue weighted by atomic mass is 35.5. The molecule has 0 aliphatic heterocycles. The van der Waals surface area contributed by atoms with E-state index in [1.807, 2.05) is 6.92 Å². The maximum absolute atomic E-state index is 12.8. The van der Waals surface area contributed by atoms with Crippen molar-refractivity contribution in [1.29, 1.82) is 0 Å². The van der Waals surface area contributed by atoms with Crippen LogP contribution in [0.4, 0.5) is 17.1 Å². The fourth-order valence-corrected chi connectivity index (χ4v) is 4.16. The Hall–Kier alpha value is -2.29. The number of amides is 1. The molecule has 154 valence electrons. The number of carbonyl (C=O) groups excluding carboxylic acids is 1. The van der Waals surface area contributed by atoms with Crippen LogP contribution in [0.5, 0.6) is 0 Å². The van der Waals surface area contributed by atoms with E-state index in [0.29, 0.717) is 42.3 Å². The topological polar surface area (TPSA) is 105 Å². The number of anilines is 3. The first-order chi connectivity index (χ1) is 12.8. The van der Waals surface area contributed by atoms with Crippen LogP contribution < -0.4 is 16.4 Å². The summed E-state index contributed by atoms with van der Waals surface area (Å²) in [6, 6.07) is 11.2. The molecule has 2 aromatic carbocycles. The molecule has 0 atom stereocenters. The summed E-state index contributed by atoms with van der Waals surface area (Å²) < 4.78 is 27.0. The minimum atomic E-state index is -3.62. The molecule has 0 saturated carbocycles. The third-order valence-corrected chi connectivity index (χ3v) is 6.17. The second-order valence-electron chi connectivity index (χ2n) is 5.90. The molecule has 0 spiro atoms. The van der Waals surface area contributed by atoms with Gasteiger partial charge in [-0.25, -0.2) is 8.42 Å². The first-order valence-electron chi connectivity index (χ1n) is 8.88. The van der Waals surface area contributed by atoms with Crippen LogP contribution in [0.1, 0.15) is 31.1 Å². The average molecular weight is 427 g/mol. The van der Waals surface area contributed by atoms with Crippen molar-refractivity contribution in [3.63, 3.8) is 0 Å². The second kappa shape index (κ2) is 10.3. The smallest absolute Gasteiger partial charge is 0.255 e. The third-order valence-electron chi connectivity index (χ3n) is 4.12. The number of carbonyl (C=O) groups is 1. The summed E-state index contributed by atoms with van der Waals surface area (Å²) in [6.45, 7) is 6.89. The van der Waals surface area contributed by atoms with Crippen molar-refractivity contribution < 1.29 is 13.2 Å². The van der Waals surface area contributed by atoms with Crippen LogP contribution in [0.25, 0.3) is 0 Å². The zero-order chi connectivity index (χ0) is 20.0. The zero-order valence-corrected chi connectivity index (χ0v) is 17.9. The Labute approximate surface area is 172 Å². The molecule has 28 heavy (non-hydrogen) atoms. The Bertz CT molecular complexity index is 898. The molecule has 0 fully saturated rings. The second-order valence-corrected chi connectivity index (χ2v) is 7.84. The van der Waals surface area contributed by atoms with Gasteiger partial charge in [-0.3, -0.25) is 4.79 Å². The van der Waals surface area contributed by atoms with E-state index >= 15 is 0 Å². The Morgan fingerprint density at radius 2 is 1.61 bits per heavy atom. The van der Waals surface area contributed by atoms with Gasteiger partial charge in [0.05, 0.1) is 16.3 Å². The first-order valence-corrected chi connectivity index (χ1v) is 10.3. The average Bonchev–Trinajstić information content (AvgIpc) is 2.64. The summed E-state index contributed by atoms with van der Waals surface area (Å²) in [5, 5.41) is 5.93. The zero-order valence-electron chi connectivity index (χ0n) is 16.2. The van der Waals surface area contributed by atoms with Crippen LogP contribution in [0.2, 0.25) is 0 Å². The SMILES string of the molecule is CCNc1ccc(S(=O)(=O)N(CC)CC)cc1NC(=O)c1ccc(N)cc1.Cl. The van der Waals surface area contributed by atoms with Gasteiger partial charge in [0.2, 0.25) is 10.0 Å². The molecular formula is C19H27ClN4O3S. The molecule has 0 heterocycles. The molecule has 7 nitrogen and oxygen atoms in total. The van der Waals surface area contributed by atoms with Gasteiger partial charge in [0, 0.05) is 30.9 Å². The fourth-order valence-electron chi connectivity index (χ4n) is 2.67. The van der Waals surface area contributed by atoms with Crippen LogP contribution in [0.15, 0.2) is 47.4 Å². The summed E-state index contributed by atoms with van der Waals surface area (Å²) in [6.07, 6.45) is 0. The van der Waals surface area contributed by atoms with Gasteiger partial charge in [0.1, 0.15) is 0 Å². The summed E-state index contributed by atoms with van der Waals surface area (Å²) in [5.41, 5.74) is 7.71. The van der Waals surface area contributed by atoms with Crippen molar-refractivity contribution >= 4 is 45.4 Å². The van der Waals surface area contributed by atoms with Gasteiger partial charge >= 0.3 is 0 Å². The van der Waals surface area contributed by atoms with Gasteiger partial charge < -0.3 is 16.4 Å². The van der Waals surface area contributed by atoms with Gasteiger partial charge in [-0.2, -0.15) is 4.31 Å². The molecule has 0 saturated heterocycles. The quantitative estimate of drug-likeness (QED) is 0.561. The Kier molecular flexibility index (Phi) is 8.74. The number of nitrogens with two attached hydrogens (primary N) is 1. The lowest BCUT2D eigenvalue weighted by Gasteiger charge is -2.20. The van der Waals surface area contributed by atoms with Crippen LogP contribution in [-0.2, 0) is 10.0 Å². The van der Waals surface area contributed by atoms with E-state index < -0.39 is 10.0 Å². The number of benzene rings is 2. The number of nitrogens with zero attached hydrogens (tertiary/aromatic N) is 1. The van der Waals surface area contributed by atoms with Gasteiger partial charge in [0.25, 0.3) is 5.91 Å². The minimum Gasteiger partial charge on any atom is -0.399 e. The highest BCUT2D eigenvalue weighted by Gasteiger charge is 2.23. The molecule has 0 aliphatic rings. The van der Waals surface area contributed by atoms with Crippen molar-refractivity contribution in [2.75, 3.05) is 36.0 Å². The molecule has 9 heteroatoms. The molecule has 0 aromatic heterocycles. The molecular weight excluding hydrogens is 400 g/mol. The standard InChI is InChI=1S/C19H26N4O3S.ClH/c1-4-21-17-12-11-16(27(25,26)23(5-2)6-3)13-18(17)22-19(24)14-7-9-15(20)10-8-14;/h7-13,21H,4-6,20H2,1-3H3,(H,22,24);1H. The Balaban J connectivity index is 0.00000392. The van der Waals surface area contributed by atoms with E-state index in [9.17, 15) is 13.2 Å². The van der Waals surface area contributed by atoms with Crippen LogP contribution in [-0.4, -0.2) is 38.3 Å². The van der Waals surface area contributed by atoms with Gasteiger partial charge in [-0.15, -0.1) is 12.4 Å². The molecule has 0 bridgehead atoms. The fraction of sp³-hybridized carbons (Fsp3) is 0.316. The summed E-state index contributed by atoms with van der Waals surface area (Å²) in [5.74, 6) is -0.341. The Morgan fingerprint density at radius 1 is 1.00 bits per heavy atom. The number of nitrogens with one attached hydrogen (secondary N) is 2. The molecule has 4 N–H and O–H groups in total. The van der Waals surface area contributed by atoms with Crippen LogP contribution in [0.3, 0.4) is 0 Å². The largest absolute Gasteiger partial charge is 0.399 e. The monoisotopic (exact) mass is 426 g/mol. The van der Waals surface area contributed by atoms with Crippen molar-refractivity contribution in [3.05, 3.63) is 48.0 Å². The lowest BCUT2D eigenvalue weighted by atomic mass is 10.2. The van der Waals surface area contributed by atoms with E-state index in [4.69, 9.17) is 5.73 Å². The van der Waals surface area contributed by atoms with E-state index in [2.05, 4.69) is 10.6 Å². The summed E-state index contributed by atoms with van der Waals surface area (Å²) >= 11 is 0. The molecule has 1 amide bonds. The van der Waals surface area contributed by atoms with Crippen molar-refractivity contribution in [3.8, 4) is 0 Å². The normalized spacial score (nSPS) is 11.0. The third kappa shape index (κ3) is 5.37. The number of nitrogen functional groups attached to an aromatic ring is 1.